The molecule has 0 nitrogen and oxygen atoms in total. The van der Waals surface area contributed by atoms with Gasteiger partial charge in [-0.3, -0.25) is 0 Å². The molecule has 1 rings (SSSR count). The predicted octanol–water partition coefficient (Wildman–Crippen LogP) is 3.42. The van der Waals surface area contributed by atoms with Crippen molar-refractivity contribution in [1.29, 1.82) is 0 Å². The molecule has 0 aliphatic heterocycles. The maximum Gasteiger partial charge on any atom is -0.0245 e. The lowest BCUT2D eigenvalue weighted by atomic mass is 10.2. The average molecular weight is 147 g/mol. The lowest BCUT2D eigenvalue weighted by Gasteiger charge is -1.87. The van der Waals surface area contributed by atoms with Crippen LogP contribution in [0.2, 0.25) is 0 Å². The third kappa shape index (κ3) is 4.60. The highest BCUT2D eigenvalue weighted by Crippen LogP contribution is 2.01. The van der Waals surface area contributed by atoms with Gasteiger partial charge in [-0.2, -0.15) is 0 Å². The zero-order valence-electron chi connectivity index (χ0n) is 6.92. The summed E-state index contributed by atoms with van der Waals surface area (Å²) in [4.78, 5) is 0. The Morgan fingerprint density at radius 3 is 2.64 bits per heavy atom. The molecule has 1 radical (unpaired) electrons. The summed E-state index contributed by atoms with van der Waals surface area (Å²) in [5, 5.41) is 0. The van der Waals surface area contributed by atoms with Crippen molar-refractivity contribution < 1.29 is 0 Å². The van der Waals surface area contributed by atoms with E-state index in [9.17, 15) is 0 Å². The minimum atomic E-state index is 1.07. The third-order valence-corrected chi connectivity index (χ3v) is 1.70. The van der Waals surface area contributed by atoms with Gasteiger partial charge < -0.3 is 0 Å². The van der Waals surface area contributed by atoms with E-state index in [2.05, 4.69) is 36.5 Å². The molecule has 0 aromatic carbocycles. The first-order chi connectivity index (χ1) is 5.50. The second kappa shape index (κ2) is 5.96. The van der Waals surface area contributed by atoms with Crippen molar-refractivity contribution in [2.75, 3.05) is 0 Å². The highest BCUT2D eigenvalue weighted by atomic mass is 13.9. The fourth-order valence-corrected chi connectivity index (χ4v) is 1.06. The second-order valence-electron chi connectivity index (χ2n) is 2.73. The van der Waals surface area contributed by atoms with E-state index >= 15 is 0 Å². The number of rotatable bonds is 0. The maximum atomic E-state index is 3.28. The van der Waals surface area contributed by atoms with Crippen molar-refractivity contribution in [3.05, 3.63) is 36.5 Å². The van der Waals surface area contributed by atoms with Gasteiger partial charge in [0.15, 0.2) is 0 Å². The first-order valence-electron chi connectivity index (χ1n) is 4.37. The SMILES string of the molecule is [C]1=C\CCC/C=C\C=C\CC/1. The van der Waals surface area contributed by atoms with Crippen LogP contribution in [0.25, 0.3) is 0 Å². The van der Waals surface area contributed by atoms with E-state index in [1.165, 1.54) is 19.3 Å². The van der Waals surface area contributed by atoms with Crippen LogP contribution in [0.5, 0.6) is 0 Å². The monoisotopic (exact) mass is 147 g/mol. The Hall–Kier alpha value is -0.780. The summed E-state index contributed by atoms with van der Waals surface area (Å²) in [6.07, 6.45) is 20.0. The van der Waals surface area contributed by atoms with Gasteiger partial charge in [-0.05, 0) is 38.2 Å². The van der Waals surface area contributed by atoms with Crippen LogP contribution in [-0.4, -0.2) is 0 Å². The van der Waals surface area contributed by atoms with Crippen molar-refractivity contribution in [2.24, 2.45) is 0 Å². The molecule has 11 heavy (non-hydrogen) atoms. The second-order valence-corrected chi connectivity index (χ2v) is 2.73. The molecule has 0 heteroatoms. The first-order valence-corrected chi connectivity index (χ1v) is 4.37. The molecule has 0 saturated carbocycles. The lowest BCUT2D eigenvalue weighted by Crippen LogP contribution is -1.68. The molecule has 0 spiro atoms. The number of allylic oxidation sites excluding steroid dienone is 6. The zero-order valence-corrected chi connectivity index (χ0v) is 6.92. The van der Waals surface area contributed by atoms with Crippen LogP contribution in [-0.2, 0) is 0 Å². The maximum absolute atomic E-state index is 3.28. The summed E-state index contributed by atoms with van der Waals surface area (Å²) in [5.41, 5.74) is 0. The Morgan fingerprint density at radius 1 is 0.909 bits per heavy atom. The van der Waals surface area contributed by atoms with Gasteiger partial charge in [0, 0.05) is 0 Å². The molecule has 0 atom stereocenters. The van der Waals surface area contributed by atoms with Crippen molar-refractivity contribution in [3.63, 3.8) is 0 Å². The number of hydrogen-bond donors (Lipinski definition) is 0. The predicted molar refractivity (Wildman–Crippen MR) is 49.2 cm³/mol. The molecule has 0 aromatic heterocycles. The minimum absolute atomic E-state index is 1.07. The molecule has 0 amide bonds. The molecule has 0 aromatic rings. The van der Waals surface area contributed by atoms with Crippen LogP contribution in [0.1, 0.15) is 32.1 Å². The van der Waals surface area contributed by atoms with Crippen molar-refractivity contribution >= 4 is 0 Å². The van der Waals surface area contributed by atoms with Gasteiger partial charge in [0.1, 0.15) is 0 Å². The van der Waals surface area contributed by atoms with E-state index in [-0.39, 0.29) is 0 Å². The van der Waals surface area contributed by atoms with E-state index < -0.39 is 0 Å². The highest BCUT2D eigenvalue weighted by Gasteiger charge is 1.82. The Bertz CT molecular complexity index is 161. The van der Waals surface area contributed by atoms with Gasteiger partial charge in [-0.25, -0.2) is 0 Å². The van der Waals surface area contributed by atoms with E-state index in [1.807, 2.05) is 0 Å². The average Bonchev–Trinajstić information content (AvgIpc) is 2.08. The van der Waals surface area contributed by atoms with Crippen LogP contribution < -0.4 is 0 Å². The Morgan fingerprint density at radius 2 is 1.73 bits per heavy atom. The molecular weight excluding hydrogens is 132 g/mol. The van der Waals surface area contributed by atoms with E-state index in [0.717, 1.165) is 12.8 Å². The largest absolute Gasteiger partial charge is 0.0845 e. The lowest BCUT2D eigenvalue weighted by molar-refractivity contribution is 0.860. The molecule has 1 aliphatic carbocycles. The minimum Gasteiger partial charge on any atom is -0.0845 e. The molecule has 0 fully saturated rings. The summed E-state index contributed by atoms with van der Waals surface area (Å²) in [7, 11) is 0. The summed E-state index contributed by atoms with van der Waals surface area (Å²) < 4.78 is 0. The topological polar surface area (TPSA) is 0 Å². The van der Waals surface area contributed by atoms with Crippen molar-refractivity contribution in [2.45, 2.75) is 32.1 Å². The number of hydrogen-bond acceptors (Lipinski definition) is 0. The molecule has 0 bridgehead atoms. The molecular formula is C11H15. The van der Waals surface area contributed by atoms with E-state index in [1.54, 1.807) is 0 Å². The van der Waals surface area contributed by atoms with Gasteiger partial charge in [-0.15, -0.1) is 0 Å². The molecule has 59 valence electrons. The third-order valence-electron chi connectivity index (χ3n) is 1.70. The van der Waals surface area contributed by atoms with Crippen molar-refractivity contribution in [1.82, 2.24) is 0 Å². The van der Waals surface area contributed by atoms with Crippen LogP contribution in [0, 0.1) is 6.08 Å². The van der Waals surface area contributed by atoms with Crippen LogP contribution in [0.3, 0.4) is 0 Å². The standard InChI is InChI=1S/C11H15/c1-2-4-6-8-10-11-9-7-5-3-1/h1-4,11H,5-9H2/b3-1-,4-2+,11-10?. The Kier molecular flexibility index (Phi) is 4.51. The first kappa shape index (κ1) is 8.32. The summed E-state index contributed by atoms with van der Waals surface area (Å²) >= 11 is 0. The molecule has 0 N–H and O–H groups in total. The summed E-state index contributed by atoms with van der Waals surface area (Å²) in [6, 6.07) is 0. The Balaban J connectivity index is 2.34. The quantitative estimate of drug-likeness (QED) is 0.492. The fraction of sp³-hybridized carbons (Fsp3) is 0.455. The molecule has 0 unspecified atom stereocenters. The van der Waals surface area contributed by atoms with Gasteiger partial charge in [0.05, 0.1) is 0 Å². The van der Waals surface area contributed by atoms with Gasteiger partial charge in [0.2, 0.25) is 0 Å². The molecule has 0 heterocycles. The molecule has 1 aliphatic rings. The van der Waals surface area contributed by atoms with E-state index in [0.29, 0.717) is 0 Å². The highest BCUT2D eigenvalue weighted by molar-refractivity contribution is 5.03. The normalized spacial score (nSPS) is 28.4. The zero-order chi connectivity index (χ0) is 7.78. The summed E-state index contributed by atoms with van der Waals surface area (Å²) in [5.74, 6) is 0. The Labute approximate surface area is 69.3 Å². The fourth-order valence-electron chi connectivity index (χ4n) is 1.06. The van der Waals surface area contributed by atoms with Crippen LogP contribution >= 0.6 is 0 Å². The van der Waals surface area contributed by atoms with Gasteiger partial charge in [0.25, 0.3) is 0 Å². The smallest absolute Gasteiger partial charge is 0.0245 e. The molecule has 0 saturated heterocycles. The van der Waals surface area contributed by atoms with Crippen LogP contribution in [0.15, 0.2) is 30.4 Å². The van der Waals surface area contributed by atoms with Crippen molar-refractivity contribution in [3.8, 4) is 0 Å². The van der Waals surface area contributed by atoms with Gasteiger partial charge >= 0.3 is 0 Å². The van der Waals surface area contributed by atoms with Crippen LogP contribution in [0.4, 0.5) is 0 Å². The van der Waals surface area contributed by atoms with Gasteiger partial charge in [-0.1, -0.05) is 30.4 Å². The summed E-state index contributed by atoms with van der Waals surface area (Å²) in [6.45, 7) is 0. The van der Waals surface area contributed by atoms with E-state index in [4.69, 9.17) is 0 Å².